The molecule has 19 atom stereocenters. The van der Waals surface area contributed by atoms with Crippen LogP contribution in [-0.4, -0.2) is 133 Å². The molecule has 15 heteroatoms. The Bertz CT molecular complexity index is 1650. The van der Waals surface area contributed by atoms with Crippen molar-refractivity contribution in [2.24, 2.45) is 50.2 Å². The lowest BCUT2D eigenvalue weighted by molar-refractivity contribution is -0.371. The van der Waals surface area contributed by atoms with Gasteiger partial charge in [0.25, 0.3) is 0 Å². The van der Waals surface area contributed by atoms with Gasteiger partial charge in [0.1, 0.15) is 36.6 Å². The van der Waals surface area contributed by atoms with Gasteiger partial charge in [-0.25, -0.2) is 9.59 Å². The molecule has 8 N–H and O–H groups in total. The Kier molecular flexibility index (Phi) is 10.8. The first-order chi connectivity index (χ1) is 26.4. The van der Waals surface area contributed by atoms with Crippen LogP contribution >= 0.6 is 0 Å². The summed E-state index contributed by atoms with van der Waals surface area (Å²) in [6, 6.07) is 0. The predicted octanol–water partition coefficient (Wildman–Crippen LogP) is 2.15. The molecule has 5 aliphatic carbocycles. The highest BCUT2D eigenvalue weighted by Crippen LogP contribution is 2.75. The summed E-state index contributed by atoms with van der Waals surface area (Å²) in [5, 5.41) is 83.2. The third kappa shape index (κ3) is 6.39. The van der Waals surface area contributed by atoms with Crippen LogP contribution in [0, 0.1) is 50.2 Å². The van der Waals surface area contributed by atoms with E-state index in [9.17, 15) is 55.2 Å². The molecule has 0 spiro atoms. The highest BCUT2D eigenvalue weighted by Gasteiger charge is 2.70. The number of aliphatic hydroxyl groups is 6. The number of rotatable bonds is 7. The fraction of sp³-hybridized carbons (Fsp3) is 0.881. The molecule has 0 radical (unpaired) electrons. The van der Waals surface area contributed by atoms with E-state index in [-0.39, 0.29) is 51.8 Å². The van der Waals surface area contributed by atoms with Crippen LogP contribution in [0.15, 0.2) is 11.6 Å². The number of carboxylic acid groups (broad SMARTS) is 2. The van der Waals surface area contributed by atoms with Gasteiger partial charge in [-0.2, -0.15) is 0 Å². The predicted molar refractivity (Wildman–Crippen MR) is 199 cm³/mol. The Morgan fingerprint density at radius 3 is 1.95 bits per heavy atom. The number of ether oxygens (including phenoxy) is 4. The number of allylic oxidation sites excluding steroid dienone is 2. The van der Waals surface area contributed by atoms with Crippen molar-refractivity contribution < 1.29 is 74.2 Å². The number of aliphatic carboxylic acids is 2. The largest absolute Gasteiger partial charge is 0.479 e. The van der Waals surface area contributed by atoms with Gasteiger partial charge < -0.3 is 59.8 Å². The second kappa shape index (κ2) is 14.3. The number of hydrogen-bond acceptors (Lipinski definition) is 13. The Morgan fingerprint density at radius 1 is 0.737 bits per heavy atom. The second-order valence-corrected chi connectivity index (χ2v) is 20.7. The SMILES string of the molecule is CC1(C)[C@@H](O[C@@H]2O[C@H](C(=O)O)[C@@H](O)[C@H](O)[C@H]2O[C@@H]2O[C@H](C(=O)O)[C@@H](O)[C@H](O)[C@H]2O)CC[C@]2(C)[C@H]3C(=O)C=C4[C@@H]5C[C@@](C)(CO)CC[C@]5(C)CC[C@@]4(C)[C@]3(C)CC[C@@H]12. The van der Waals surface area contributed by atoms with E-state index in [0.29, 0.717) is 12.8 Å². The summed E-state index contributed by atoms with van der Waals surface area (Å²) in [6.45, 7) is 15.7. The molecule has 4 saturated carbocycles. The van der Waals surface area contributed by atoms with Crippen LogP contribution in [0.4, 0.5) is 0 Å². The molecule has 57 heavy (non-hydrogen) atoms. The van der Waals surface area contributed by atoms with Crippen molar-refractivity contribution >= 4 is 17.7 Å². The third-order valence-electron chi connectivity index (χ3n) is 17.2. The zero-order chi connectivity index (χ0) is 42.0. The topological polar surface area (TPSA) is 250 Å². The third-order valence-corrected chi connectivity index (χ3v) is 17.2. The van der Waals surface area contributed by atoms with Crippen LogP contribution in [0.25, 0.3) is 0 Å². The van der Waals surface area contributed by atoms with Gasteiger partial charge in [-0.15, -0.1) is 0 Å². The van der Waals surface area contributed by atoms with Gasteiger partial charge >= 0.3 is 11.9 Å². The number of hydrogen-bond donors (Lipinski definition) is 8. The number of fused-ring (bicyclic) bond motifs is 7. The van der Waals surface area contributed by atoms with Gasteiger partial charge in [0, 0.05) is 12.5 Å². The highest BCUT2D eigenvalue weighted by molar-refractivity contribution is 5.95. The van der Waals surface area contributed by atoms with Crippen molar-refractivity contribution in [1.29, 1.82) is 0 Å². The van der Waals surface area contributed by atoms with Gasteiger partial charge in [-0.1, -0.05) is 54.0 Å². The lowest BCUT2D eigenvalue weighted by Gasteiger charge is -2.70. The van der Waals surface area contributed by atoms with Crippen LogP contribution in [0.1, 0.15) is 106 Å². The molecular weight excluding hydrogens is 744 g/mol. The molecule has 0 bridgehead atoms. The molecule has 0 unspecified atom stereocenters. The summed E-state index contributed by atoms with van der Waals surface area (Å²) in [6.07, 6.45) is -10.5. The minimum atomic E-state index is -2.03. The molecule has 7 aliphatic rings. The summed E-state index contributed by atoms with van der Waals surface area (Å²) in [4.78, 5) is 38.8. The first-order valence-corrected chi connectivity index (χ1v) is 20.7. The fourth-order valence-corrected chi connectivity index (χ4v) is 13.4. The minimum absolute atomic E-state index is 0.0456. The van der Waals surface area contributed by atoms with Gasteiger partial charge in [-0.3, -0.25) is 4.79 Å². The first-order valence-electron chi connectivity index (χ1n) is 20.7. The Balaban J connectivity index is 1.17. The smallest absolute Gasteiger partial charge is 0.335 e. The zero-order valence-electron chi connectivity index (χ0n) is 34.2. The molecule has 0 aromatic heterocycles. The van der Waals surface area contributed by atoms with Crippen LogP contribution in [0.5, 0.6) is 0 Å². The fourth-order valence-electron chi connectivity index (χ4n) is 13.4. The monoisotopic (exact) mass is 808 g/mol. The van der Waals surface area contributed by atoms with Gasteiger partial charge in [0.15, 0.2) is 30.6 Å². The summed E-state index contributed by atoms with van der Waals surface area (Å²) in [7, 11) is 0. The summed E-state index contributed by atoms with van der Waals surface area (Å²) < 4.78 is 23.4. The van der Waals surface area contributed by atoms with Crippen molar-refractivity contribution in [2.75, 3.05) is 6.61 Å². The quantitative estimate of drug-likeness (QED) is 0.172. The summed E-state index contributed by atoms with van der Waals surface area (Å²) >= 11 is 0. The normalized spacial score (nSPS) is 53.4. The molecule has 6 fully saturated rings. The number of carboxylic acids is 2. The van der Waals surface area contributed by atoms with Crippen molar-refractivity contribution in [3.63, 3.8) is 0 Å². The lowest BCUT2D eigenvalue weighted by atomic mass is 9.33. The Labute approximate surface area is 333 Å². The van der Waals surface area contributed by atoms with Crippen LogP contribution in [0.3, 0.4) is 0 Å². The second-order valence-electron chi connectivity index (χ2n) is 20.7. The highest BCUT2D eigenvalue weighted by atomic mass is 16.8. The number of carbonyl (C=O) groups is 3. The molecule has 322 valence electrons. The maximum absolute atomic E-state index is 14.8. The first kappa shape index (κ1) is 43.1. The van der Waals surface area contributed by atoms with Crippen molar-refractivity contribution in [2.45, 2.75) is 174 Å². The maximum Gasteiger partial charge on any atom is 0.335 e. The summed E-state index contributed by atoms with van der Waals surface area (Å²) in [5.41, 5.74) is -0.492. The van der Waals surface area contributed by atoms with E-state index in [1.807, 2.05) is 19.9 Å². The van der Waals surface area contributed by atoms with Gasteiger partial charge in [-0.05, 0) is 108 Å². The minimum Gasteiger partial charge on any atom is -0.479 e. The molecular formula is C42H64O15. The average molecular weight is 809 g/mol. The van der Waals surface area contributed by atoms with E-state index in [0.717, 1.165) is 44.9 Å². The number of ketones is 1. The molecule has 0 aromatic carbocycles. The van der Waals surface area contributed by atoms with Crippen LogP contribution in [-0.2, 0) is 33.3 Å². The maximum atomic E-state index is 14.8. The van der Waals surface area contributed by atoms with E-state index in [1.54, 1.807) is 0 Å². The number of carbonyl (C=O) groups excluding carboxylic acids is 1. The van der Waals surface area contributed by atoms with E-state index in [4.69, 9.17) is 18.9 Å². The molecule has 2 aliphatic heterocycles. The van der Waals surface area contributed by atoms with E-state index < -0.39 is 90.3 Å². The van der Waals surface area contributed by atoms with Gasteiger partial charge in [0.05, 0.1) is 6.10 Å². The Hall–Kier alpha value is -2.05. The summed E-state index contributed by atoms with van der Waals surface area (Å²) in [5.74, 6) is -3.20. The Morgan fingerprint density at radius 2 is 1.33 bits per heavy atom. The van der Waals surface area contributed by atoms with Crippen molar-refractivity contribution in [3.8, 4) is 0 Å². The van der Waals surface area contributed by atoms with Crippen LogP contribution < -0.4 is 0 Å². The number of aliphatic hydroxyl groups excluding tert-OH is 6. The molecule has 15 nitrogen and oxygen atoms in total. The van der Waals surface area contributed by atoms with Crippen molar-refractivity contribution in [3.05, 3.63) is 11.6 Å². The standard InChI is InChI=1S/C42H64O15/c1-37(2)22-8-11-42(7)32(21(44)16-19-20-17-38(3,18-43)12-13-39(20,4)14-15-41(19,42)6)40(22,5)10-9-23(37)54-36-31(27(48)26(47)30(56-36)34(52)53)57-35-28(49)24(45)25(46)29(55-35)33(50)51/h16,20,22-32,35-36,43,45-49H,8-15,17-18H2,1-7H3,(H,50,51)(H,52,53)/t20-,22-,23-,24-,25-,26-,27-,28+,29-,30-,31+,32+,35-,36+,38-,39+,40-,41+,42+/m0/s1. The molecule has 2 saturated heterocycles. The van der Waals surface area contributed by atoms with Crippen molar-refractivity contribution in [1.82, 2.24) is 0 Å². The average Bonchev–Trinajstić information content (AvgIpc) is 3.13. The molecule has 2 heterocycles. The van der Waals surface area contributed by atoms with E-state index in [2.05, 4.69) is 34.6 Å². The lowest BCUT2D eigenvalue weighted by Crippen LogP contribution is -2.68. The van der Waals surface area contributed by atoms with E-state index >= 15 is 0 Å². The molecule has 7 rings (SSSR count). The van der Waals surface area contributed by atoms with Crippen LogP contribution in [0.2, 0.25) is 0 Å². The zero-order valence-corrected chi connectivity index (χ0v) is 34.2. The molecule has 0 aromatic rings. The van der Waals surface area contributed by atoms with Gasteiger partial charge in [0.2, 0.25) is 0 Å². The molecule has 0 amide bonds. The van der Waals surface area contributed by atoms with E-state index in [1.165, 1.54) is 5.57 Å².